The standard InChI is InChI=1S/C11H15NO2/c1-4-8(12)11-9(13)5-7(2)6-10(11)14-3/h4-6,8,13H,1,12H2,2-3H3/t8-/m1/s1. The van der Waals surface area contributed by atoms with Gasteiger partial charge >= 0.3 is 0 Å². The second-order valence-electron chi connectivity index (χ2n) is 3.16. The molecule has 3 nitrogen and oxygen atoms in total. The van der Waals surface area contributed by atoms with E-state index in [1.54, 1.807) is 19.3 Å². The third-order valence-corrected chi connectivity index (χ3v) is 2.07. The van der Waals surface area contributed by atoms with Gasteiger partial charge < -0.3 is 15.6 Å². The molecular formula is C11H15NO2. The molecule has 14 heavy (non-hydrogen) atoms. The number of aryl methyl sites for hydroxylation is 1. The van der Waals surface area contributed by atoms with Crippen molar-refractivity contribution < 1.29 is 9.84 Å². The van der Waals surface area contributed by atoms with Crippen LogP contribution in [0.5, 0.6) is 11.5 Å². The molecule has 0 saturated carbocycles. The van der Waals surface area contributed by atoms with E-state index in [9.17, 15) is 5.11 Å². The smallest absolute Gasteiger partial charge is 0.127 e. The number of rotatable bonds is 3. The Labute approximate surface area is 83.8 Å². The number of phenols is 1. The van der Waals surface area contributed by atoms with Gasteiger partial charge in [-0.25, -0.2) is 0 Å². The number of nitrogens with two attached hydrogens (primary N) is 1. The van der Waals surface area contributed by atoms with E-state index in [1.165, 1.54) is 0 Å². The van der Waals surface area contributed by atoms with Crippen LogP contribution < -0.4 is 10.5 Å². The first kappa shape index (κ1) is 10.6. The Morgan fingerprint density at radius 1 is 1.57 bits per heavy atom. The highest BCUT2D eigenvalue weighted by molar-refractivity contribution is 5.49. The number of hydrogen-bond acceptors (Lipinski definition) is 3. The molecule has 1 aromatic carbocycles. The number of methoxy groups -OCH3 is 1. The molecule has 0 amide bonds. The van der Waals surface area contributed by atoms with E-state index in [4.69, 9.17) is 10.5 Å². The second kappa shape index (κ2) is 4.15. The summed E-state index contributed by atoms with van der Waals surface area (Å²) in [7, 11) is 1.55. The highest BCUT2D eigenvalue weighted by Gasteiger charge is 2.14. The number of benzene rings is 1. The van der Waals surface area contributed by atoms with Crippen LogP contribution in [0.2, 0.25) is 0 Å². The fourth-order valence-corrected chi connectivity index (χ4v) is 1.37. The van der Waals surface area contributed by atoms with Gasteiger partial charge in [0.05, 0.1) is 18.7 Å². The molecule has 3 heteroatoms. The van der Waals surface area contributed by atoms with Gasteiger partial charge in [-0.1, -0.05) is 6.08 Å². The second-order valence-corrected chi connectivity index (χ2v) is 3.16. The lowest BCUT2D eigenvalue weighted by Gasteiger charge is -2.14. The normalized spacial score (nSPS) is 12.2. The molecule has 0 aliphatic rings. The van der Waals surface area contributed by atoms with Crippen LogP contribution in [0.4, 0.5) is 0 Å². The molecule has 0 saturated heterocycles. The Hall–Kier alpha value is -1.48. The predicted molar refractivity (Wildman–Crippen MR) is 56.5 cm³/mol. The molecule has 0 spiro atoms. The summed E-state index contributed by atoms with van der Waals surface area (Å²) in [6.07, 6.45) is 1.56. The van der Waals surface area contributed by atoms with Gasteiger partial charge in [0.2, 0.25) is 0 Å². The van der Waals surface area contributed by atoms with E-state index in [1.807, 2.05) is 13.0 Å². The largest absolute Gasteiger partial charge is 0.507 e. The average Bonchev–Trinajstić information content (AvgIpc) is 2.15. The molecule has 76 valence electrons. The molecule has 0 bridgehead atoms. The predicted octanol–water partition coefficient (Wildman–Crippen LogP) is 1.90. The third-order valence-electron chi connectivity index (χ3n) is 2.07. The summed E-state index contributed by atoms with van der Waals surface area (Å²) < 4.78 is 5.14. The maximum Gasteiger partial charge on any atom is 0.127 e. The summed E-state index contributed by atoms with van der Waals surface area (Å²) in [4.78, 5) is 0. The van der Waals surface area contributed by atoms with Gasteiger partial charge in [-0.05, 0) is 24.6 Å². The van der Waals surface area contributed by atoms with Crippen molar-refractivity contribution in [3.8, 4) is 11.5 Å². The molecule has 0 aliphatic carbocycles. The van der Waals surface area contributed by atoms with Crippen molar-refractivity contribution in [3.63, 3.8) is 0 Å². The molecule has 3 N–H and O–H groups in total. The number of aromatic hydroxyl groups is 1. The molecule has 1 atom stereocenters. The van der Waals surface area contributed by atoms with Crippen LogP contribution in [-0.2, 0) is 0 Å². The maximum absolute atomic E-state index is 9.70. The summed E-state index contributed by atoms with van der Waals surface area (Å²) in [5, 5.41) is 9.70. The van der Waals surface area contributed by atoms with E-state index in [2.05, 4.69) is 6.58 Å². The molecule has 0 unspecified atom stereocenters. The topological polar surface area (TPSA) is 55.5 Å². The van der Waals surface area contributed by atoms with E-state index < -0.39 is 6.04 Å². The van der Waals surface area contributed by atoms with Crippen LogP contribution in [0.3, 0.4) is 0 Å². The minimum atomic E-state index is -0.412. The molecule has 1 rings (SSSR count). The van der Waals surface area contributed by atoms with Crippen LogP contribution in [0, 0.1) is 6.92 Å². The van der Waals surface area contributed by atoms with E-state index in [-0.39, 0.29) is 5.75 Å². The quantitative estimate of drug-likeness (QED) is 0.721. The van der Waals surface area contributed by atoms with Crippen LogP contribution >= 0.6 is 0 Å². The van der Waals surface area contributed by atoms with Gasteiger partial charge in [-0.3, -0.25) is 0 Å². The molecule has 0 heterocycles. The highest BCUT2D eigenvalue weighted by atomic mass is 16.5. The number of phenolic OH excluding ortho intramolecular Hbond substituents is 1. The molecule has 0 aliphatic heterocycles. The van der Waals surface area contributed by atoms with Gasteiger partial charge in [-0.2, -0.15) is 0 Å². The van der Waals surface area contributed by atoms with Crippen molar-refractivity contribution in [2.75, 3.05) is 7.11 Å². The lowest BCUT2D eigenvalue weighted by atomic mass is 10.0. The lowest BCUT2D eigenvalue weighted by Crippen LogP contribution is -2.08. The fourth-order valence-electron chi connectivity index (χ4n) is 1.37. The lowest BCUT2D eigenvalue weighted by molar-refractivity contribution is 0.397. The van der Waals surface area contributed by atoms with Gasteiger partial charge in [0.15, 0.2) is 0 Å². The molecule has 0 fully saturated rings. The van der Waals surface area contributed by atoms with Gasteiger partial charge in [0.25, 0.3) is 0 Å². The molecule has 0 aromatic heterocycles. The molecular weight excluding hydrogens is 178 g/mol. The van der Waals surface area contributed by atoms with Crippen molar-refractivity contribution in [2.45, 2.75) is 13.0 Å². The number of ether oxygens (including phenoxy) is 1. The van der Waals surface area contributed by atoms with E-state index in [0.29, 0.717) is 11.3 Å². The van der Waals surface area contributed by atoms with Crippen molar-refractivity contribution in [2.24, 2.45) is 5.73 Å². The van der Waals surface area contributed by atoms with Crippen molar-refractivity contribution in [3.05, 3.63) is 35.9 Å². The van der Waals surface area contributed by atoms with Crippen LogP contribution in [0.25, 0.3) is 0 Å². The highest BCUT2D eigenvalue weighted by Crippen LogP contribution is 2.33. The summed E-state index contributed by atoms with van der Waals surface area (Å²) >= 11 is 0. The number of hydrogen-bond donors (Lipinski definition) is 2. The Morgan fingerprint density at radius 2 is 2.21 bits per heavy atom. The Kier molecular flexibility index (Phi) is 3.14. The third kappa shape index (κ3) is 1.88. The van der Waals surface area contributed by atoms with Crippen molar-refractivity contribution >= 4 is 0 Å². The first-order valence-electron chi connectivity index (χ1n) is 4.35. The Balaban J connectivity index is 3.31. The summed E-state index contributed by atoms with van der Waals surface area (Å²) in [5.74, 6) is 0.740. The summed E-state index contributed by atoms with van der Waals surface area (Å²) in [6, 6.07) is 3.07. The zero-order valence-corrected chi connectivity index (χ0v) is 8.45. The van der Waals surface area contributed by atoms with Gasteiger partial charge in [-0.15, -0.1) is 6.58 Å². The molecule has 0 radical (unpaired) electrons. The summed E-state index contributed by atoms with van der Waals surface area (Å²) in [5.41, 5.74) is 7.27. The van der Waals surface area contributed by atoms with Gasteiger partial charge in [0, 0.05) is 0 Å². The SMILES string of the molecule is C=C[C@@H](N)c1c(O)cc(C)cc1OC. The van der Waals surface area contributed by atoms with E-state index in [0.717, 1.165) is 5.56 Å². The van der Waals surface area contributed by atoms with Crippen molar-refractivity contribution in [1.82, 2.24) is 0 Å². The maximum atomic E-state index is 9.70. The Bertz CT molecular complexity index is 347. The van der Waals surface area contributed by atoms with Crippen LogP contribution in [0.1, 0.15) is 17.2 Å². The first-order valence-corrected chi connectivity index (χ1v) is 4.35. The fraction of sp³-hybridized carbons (Fsp3) is 0.273. The first-order chi connectivity index (χ1) is 6.60. The average molecular weight is 193 g/mol. The zero-order valence-electron chi connectivity index (χ0n) is 8.45. The van der Waals surface area contributed by atoms with Crippen LogP contribution in [0.15, 0.2) is 24.8 Å². The monoisotopic (exact) mass is 193 g/mol. The van der Waals surface area contributed by atoms with Crippen LogP contribution in [-0.4, -0.2) is 12.2 Å². The summed E-state index contributed by atoms with van der Waals surface area (Å²) in [6.45, 7) is 5.46. The van der Waals surface area contributed by atoms with Gasteiger partial charge in [0.1, 0.15) is 11.5 Å². The molecule has 1 aromatic rings. The van der Waals surface area contributed by atoms with E-state index >= 15 is 0 Å². The minimum Gasteiger partial charge on any atom is -0.507 e. The zero-order chi connectivity index (χ0) is 10.7. The minimum absolute atomic E-state index is 0.147. The Morgan fingerprint density at radius 3 is 2.71 bits per heavy atom. The van der Waals surface area contributed by atoms with Crippen molar-refractivity contribution in [1.29, 1.82) is 0 Å².